The van der Waals surface area contributed by atoms with E-state index in [4.69, 9.17) is 4.74 Å². The molecule has 0 aliphatic rings. The number of rotatable bonds is 6. The summed E-state index contributed by atoms with van der Waals surface area (Å²) in [5.41, 5.74) is 0.953. The third-order valence-electron chi connectivity index (χ3n) is 2.37. The van der Waals surface area contributed by atoms with Crippen LogP contribution in [0.3, 0.4) is 0 Å². The van der Waals surface area contributed by atoms with E-state index in [2.05, 4.69) is 16.0 Å². The monoisotopic (exact) mass is 279 g/mol. The number of nitrogens with one attached hydrogen (secondary N) is 3. The van der Waals surface area contributed by atoms with Gasteiger partial charge in [0.25, 0.3) is 5.91 Å². The van der Waals surface area contributed by atoms with E-state index >= 15 is 0 Å². The first-order chi connectivity index (χ1) is 9.52. The SMILES string of the molecule is CNCc1ccccc1OCC(=O)NC(=O)NC(C)C. The van der Waals surface area contributed by atoms with Crippen LogP contribution in [-0.4, -0.2) is 31.6 Å². The van der Waals surface area contributed by atoms with Crippen LogP contribution in [0.4, 0.5) is 4.79 Å². The average Bonchev–Trinajstić information content (AvgIpc) is 2.37. The summed E-state index contributed by atoms with van der Waals surface area (Å²) < 4.78 is 5.43. The van der Waals surface area contributed by atoms with Gasteiger partial charge in [0.2, 0.25) is 0 Å². The van der Waals surface area contributed by atoms with Crippen molar-refractivity contribution in [3.8, 4) is 5.75 Å². The minimum Gasteiger partial charge on any atom is -0.483 e. The number of amides is 3. The van der Waals surface area contributed by atoms with Crippen LogP contribution >= 0.6 is 0 Å². The second-order valence-electron chi connectivity index (χ2n) is 4.60. The van der Waals surface area contributed by atoms with Crippen molar-refractivity contribution in [3.05, 3.63) is 29.8 Å². The molecule has 6 nitrogen and oxygen atoms in total. The molecule has 3 amide bonds. The van der Waals surface area contributed by atoms with E-state index in [1.54, 1.807) is 6.07 Å². The fourth-order valence-corrected chi connectivity index (χ4v) is 1.59. The van der Waals surface area contributed by atoms with Crippen molar-refractivity contribution in [1.29, 1.82) is 0 Å². The van der Waals surface area contributed by atoms with Gasteiger partial charge in [0, 0.05) is 18.2 Å². The molecule has 110 valence electrons. The minimum atomic E-state index is -0.517. The first-order valence-electron chi connectivity index (χ1n) is 6.48. The summed E-state index contributed by atoms with van der Waals surface area (Å²) in [6.07, 6.45) is 0. The van der Waals surface area contributed by atoms with Crippen LogP contribution < -0.4 is 20.7 Å². The van der Waals surface area contributed by atoms with E-state index in [0.717, 1.165) is 5.56 Å². The van der Waals surface area contributed by atoms with Gasteiger partial charge in [0.1, 0.15) is 5.75 Å². The van der Waals surface area contributed by atoms with Crippen molar-refractivity contribution >= 4 is 11.9 Å². The topological polar surface area (TPSA) is 79.5 Å². The first kappa shape index (κ1) is 16.0. The van der Waals surface area contributed by atoms with Crippen LogP contribution in [0.25, 0.3) is 0 Å². The lowest BCUT2D eigenvalue weighted by Crippen LogP contribution is -2.44. The summed E-state index contributed by atoms with van der Waals surface area (Å²) >= 11 is 0. The van der Waals surface area contributed by atoms with Crippen molar-refractivity contribution in [2.45, 2.75) is 26.4 Å². The Hall–Kier alpha value is -2.08. The summed E-state index contributed by atoms with van der Waals surface area (Å²) in [6.45, 7) is 4.07. The van der Waals surface area contributed by atoms with Gasteiger partial charge in [-0.3, -0.25) is 10.1 Å². The van der Waals surface area contributed by atoms with E-state index in [9.17, 15) is 9.59 Å². The highest BCUT2D eigenvalue weighted by atomic mass is 16.5. The Bertz CT molecular complexity index is 461. The molecular weight excluding hydrogens is 258 g/mol. The molecule has 1 aromatic carbocycles. The molecule has 1 aromatic rings. The minimum absolute atomic E-state index is 0.0277. The maximum absolute atomic E-state index is 11.6. The molecule has 0 radical (unpaired) electrons. The molecule has 1 rings (SSSR count). The fraction of sp³-hybridized carbons (Fsp3) is 0.429. The molecule has 0 unspecified atom stereocenters. The smallest absolute Gasteiger partial charge is 0.321 e. The molecule has 0 bridgehead atoms. The van der Waals surface area contributed by atoms with E-state index in [-0.39, 0.29) is 12.6 Å². The third kappa shape index (κ3) is 5.71. The molecule has 0 aliphatic carbocycles. The molecule has 3 N–H and O–H groups in total. The Balaban J connectivity index is 2.47. The normalized spacial score (nSPS) is 10.2. The number of ether oxygens (including phenoxy) is 1. The van der Waals surface area contributed by atoms with Gasteiger partial charge in [0.15, 0.2) is 6.61 Å². The number of hydrogen-bond donors (Lipinski definition) is 3. The van der Waals surface area contributed by atoms with Crippen molar-refractivity contribution in [2.75, 3.05) is 13.7 Å². The van der Waals surface area contributed by atoms with Crippen LogP contribution in [0.15, 0.2) is 24.3 Å². The molecule has 0 aliphatic heterocycles. The Labute approximate surface area is 118 Å². The Kier molecular flexibility index (Phi) is 6.52. The number of hydrogen-bond acceptors (Lipinski definition) is 4. The molecule has 6 heteroatoms. The zero-order valence-electron chi connectivity index (χ0n) is 12.0. The molecule has 0 atom stereocenters. The molecular formula is C14H21N3O3. The maximum Gasteiger partial charge on any atom is 0.321 e. The average molecular weight is 279 g/mol. The number of carbonyl (C=O) groups is 2. The van der Waals surface area contributed by atoms with Gasteiger partial charge < -0.3 is 15.4 Å². The van der Waals surface area contributed by atoms with Gasteiger partial charge in [0.05, 0.1) is 0 Å². The second-order valence-corrected chi connectivity index (χ2v) is 4.60. The molecule has 0 heterocycles. The van der Waals surface area contributed by atoms with Crippen LogP contribution in [0.5, 0.6) is 5.75 Å². The number of para-hydroxylation sites is 1. The van der Waals surface area contributed by atoms with Crippen molar-refractivity contribution in [3.63, 3.8) is 0 Å². The van der Waals surface area contributed by atoms with Crippen LogP contribution in [0.1, 0.15) is 19.4 Å². The maximum atomic E-state index is 11.6. The highest BCUT2D eigenvalue weighted by molar-refractivity contribution is 5.95. The molecule has 0 aromatic heterocycles. The van der Waals surface area contributed by atoms with Crippen molar-refractivity contribution in [1.82, 2.24) is 16.0 Å². The standard InChI is InChI=1S/C14H21N3O3/c1-10(2)16-14(19)17-13(18)9-20-12-7-5-4-6-11(12)8-15-3/h4-7,10,15H,8-9H2,1-3H3,(H2,16,17,18,19). The van der Waals surface area contributed by atoms with E-state index < -0.39 is 11.9 Å². The predicted octanol–water partition coefficient (Wildman–Crippen LogP) is 1.02. The fourth-order valence-electron chi connectivity index (χ4n) is 1.59. The number of imide groups is 1. The zero-order valence-corrected chi connectivity index (χ0v) is 12.0. The van der Waals surface area contributed by atoms with Gasteiger partial charge >= 0.3 is 6.03 Å². The van der Waals surface area contributed by atoms with Gasteiger partial charge in [-0.1, -0.05) is 18.2 Å². The van der Waals surface area contributed by atoms with Crippen molar-refractivity contribution in [2.24, 2.45) is 0 Å². The first-order valence-corrected chi connectivity index (χ1v) is 6.48. The summed E-state index contributed by atoms with van der Waals surface area (Å²) in [5.74, 6) is 0.142. The van der Waals surface area contributed by atoms with E-state index in [0.29, 0.717) is 12.3 Å². The quantitative estimate of drug-likeness (QED) is 0.726. The lowest BCUT2D eigenvalue weighted by molar-refractivity contribution is -0.122. The Morgan fingerprint density at radius 3 is 2.60 bits per heavy atom. The van der Waals surface area contributed by atoms with Crippen LogP contribution in [0, 0.1) is 0 Å². The summed E-state index contributed by atoms with van der Waals surface area (Å²) in [5, 5.41) is 7.79. The van der Waals surface area contributed by atoms with Gasteiger partial charge in [-0.2, -0.15) is 0 Å². The summed E-state index contributed by atoms with van der Waals surface area (Å²) in [4.78, 5) is 22.9. The molecule has 0 saturated heterocycles. The van der Waals surface area contributed by atoms with Gasteiger partial charge in [-0.25, -0.2) is 4.79 Å². The highest BCUT2D eigenvalue weighted by Gasteiger charge is 2.10. The number of benzene rings is 1. The van der Waals surface area contributed by atoms with Crippen LogP contribution in [-0.2, 0) is 11.3 Å². The van der Waals surface area contributed by atoms with E-state index in [1.807, 2.05) is 39.1 Å². The molecule has 0 spiro atoms. The largest absolute Gasteiger partial charge is 0.483 e. The Morgan fingerprint density at radius 1 is 1.25 bits per heavy atom. The molecule has 0 fully saturated rings. The molecule has 0 saturated carbocycles. The second kappa shape index (κ2) is 8.16. The third-order valence-corrected chi connectivity index (χ3v) is 2.37. The lowest BCUT2D eigenvalue weighted by Gasteiger charge is -2.12. The molecule has 20 heavy (non-hydrogen) atoms. The number of urea groups is 1. The zero-order chi connectivity index (χ0) is 15.0. The lowest BCUT2D eigenvalue weighted by atomic mass is 10.2. The van der Waals surface area contributed by atoms with E-state index in [1.165, 1.54) is 0 Å². The Morgan fingerprint density at radius 2 is 1.95 bits per heavy atom. The van der Waals surface area contributed by atoms with Gasteiger partial charge in [-0.15, -0.1) is 0 Å². The van der Waals surface area contributed by atoms with Crippen LogP contribution in [0.2, 0.25) is 0 Å². The summed E-state index contributed by atoms with van der Waals surface area (Å²) in [6, 6.07) is 6.88. The summed E-state index contributed by atoms with van der Waals surface area (Å²) in [7, 11) is 1.83. The van der Waals surface area contributed by atoms with Crippen molar-refractivity contribution < 1.29 is 14.3 Å². The van der Waals surface area contributed by atoms with Gasteiger partial charge in [-0.05, 0) is 27.0 Å². The highest BCUT2D eigenvalue weighted by Crippen LogP contribution is 2.17. The predicted molar refractivity (Wildman–Crippen MR) is 76.5 cm³/mol. The number of carbonyl (C=O) groups excluding carboxylic acids is 2.